The number of nitrogens with zero attached hydrogens (tertiary/aromatic N) is 2. The number of hydrogen-bond acceptors (Lipinski definition) is 3. The van der Waals surface area contributed by atoms with Crippen molar-refractivity contribution in [3.05, 3.63) is 35.4 Å². The third-order valence-corrected chi connectivity index (χ3v) is 5.45. The van der Waals surface area contributed by atoms with Gasteiger partial charge in [-0.1, -0.05) is 12.1 Å². The highest BCUT2D eigenvalue weighted by Crippen LogP contribution is 2.18. The van der Waals surface area contributed by atoms with Gasteiger partial charge in [0.2, 0.25) is 0 Å². The molecular weight excluding hydrogens is 491 g/mol. The lowest BCUT2D eigenvalue weighted by atomic mass is 10.1. The van der Waals surface area contributed by atoms with Gasteiger partial charge in [0.25, 0.3) is 0 Å². The smallest absolute Gasteiger partial charge is 0.193 e. The van der Waals surface area contributed by atoms with Crippen molar-refractivity contribution >= 4 is 29.9 Å². The molecule has 8 heteroatoms. The second-order valence-corrected chi connectivity index (χ2v) is 7.45. The van der Waals surface area contributed by atoms with Crippen LogP contribution in [-0.4, -0.2) is 63.0 Å². The first kappa shape index (κ1) is 24.3. The Labute approximate surface area is 189 Å². The number of nitrogens with one attached hydrogen (secondary N) is 1. The predicted molar refractivity (Wildman–Crippen MR) is 121 cm³/mol. The van der Waals surface area contributed by atoms with Gasteiger partial charge in [-0.2, -0.15) is 0 Å². The van der Waals surface area contributed by atoms with Crippen LogP contribution in [-0.2, 0) is 15.9 Å². The number of benzene rings is 1. The van der Waals surface area contributed by atoms with Crippen LogP contribution < -0.4 is 5.32 Å². The van der Waals surface area contributed by atoms with Crippen LogP contribution in [0.2, 0.25) is 0 Å². The highest BCUT2D eigenvalue weighted by Gasteiger charge is 2.23. The van der Waals surface area contributed by atoms with E-state index in [1.54, 1.807) is 13.1 Å². The summed E-state index contributed by atoms with van der Waals surface area (Å²) in [7, 11) is 1.74. The summed E-state index contributed by atoms with van der Waals surface area (Å²) in [5, 5.41) is 3.26. The maximum atomic E-state index is 13.7. The minimum absolute atomic E-state index is 0. The maximum absolute atomic E-state index is 13.7. The van der Waals surface area contributed by atoms with Crippen molar-refractivity contribution in [2.75, 3.05) is 39.9 Å². The molecule has 1 aromatic carbocycles. The summed E-state index contributed by atoms with van der Waals surface area (Å²) in [5.41, 5.74) is 0.375. The molecule has 2 saturated heterocycles. The Balaban J connectivity index is 0.00000300. The average Bonchev–Trinajstić information content (AvgIpc) is 2.74. The molecule has 2 aliphatic rings. The number of halogens is 3. The van der Waals surface area contributed by atoms with Crippen molar-refractivity contribution in [2.45, 2.75) is 50.7 Å². The normalized spacial score (nSPS) is 21.0. The van der Waals surface area contributed by atoms with E-state index in [2.05, 4.69) is 15.2 Å². The lowest BCUT2D eigenvalue weighted by Crippen LogP contribution is -2.47. The molecule has 0 amide bonds. The number of piperidine rings is 1. The molecule has 0 saturated carbocycles. The van der Waals surface area contributed by atoms with E-state index in [4.69, 9.17) is 9.47 Å². The van der Waals surface area contributed by atoms with E-state index >= 15 is 0 Å². The number of ether oxygens (including phenoxy) is 2. The molecule has 2 aliphatic heterocycles. The Hall–Kier alpha value is -1.00. The van der Waals surface area contributed by atoms with Crippen LogP contribution in [0.5, 0.6) is 0 Å². The minimum atomic E-state index is -0.803. The van der Waals surface area contributed by atoms with Crippen LogP contribution in [0.15, 0.2) is 23.2 Å². The third-order valence-electron chi connectivity index (χ3n) is 5.45. The molecule has 0 aromatic heterocycles. The largest absolute Gasteiger partial charge is 0.376 e. The Morgan fingerprint density at radius 3 is 2.72 bits per heavy atom. The Morgan fingerprint density at radius 1 is 1.24 bits per heavy atom. The molecular formula is C21H32F2IN3O2. The summed E-state index contributed by atoms with van der Waals surface area (Å²) in [5.74, 6) is -0.771. The van der Waals surface area contributed by atoms with Crippen LogP contribution in [0, 0.1) is 11.6 Å². The molecule has 2 heterocycles. The molecule has 29 heavy (non-hydrogen) atoms. The fourth-order valence-electron chi connectivity index (χ4n) is 3.80. The number of aliphatic imine (C=N–C) groups is 1. The SMILES string of the molecule is CN=C(NCCc1cccc(F)c1F)N1CCC(OCC2CCCCO2)CC1.I. The number of guanidine groups is 1. The first-order valence-electron chi connectivity index (χ1n) is 10.3. The number of hydrogen-bond donors (Lipinski definition) is 1. The molecule has 1 aromatic rings. The molecule has 0 bridgehead atoms. The minimum Gasteiger partial charge on any atom is -0.376 e. The highest BCUT2D eigenvalue weighted by atomic mass is 127. The Bertz CT molecular complexity index is 649. The number of rotatable bonds is 6. The van der Waals surface area contributed by atoms with Crippen molar-refractivity contribution in [1.29, 1.82) is 0 Å². The molecule has 0 spiro atoms. The van der Waals surface area contributed by atoms with Crippen LogP contribution in [0.4, 0.5) is 8.78 Å². The number of likely N-dealkylation sites (tertiary alicyclic amines) is 1. The monoisotopic (exact) mass is 523 g/mol. The summed E-state index contributed by atoms with van der Waals surface area (Å²) in [6, 6.07) is 4.28. The topological polar surface area (TPSA) is 46.1 Å². The lowest BCUT2D eigenvalue weighted by Gasteiger charge is -2.35. The van der Waals surface area contributed by atoms with Crippen LogP contribution in [0.25, 0.3) is 0 Å². The van der Waals surface area contributed by atoms with Gasteiger partial charge in [-0.3, -0.25) is 4.99 Å². The summed E-state index contributed by atoms with van der Waals surface area (Å²) >= 11 is 0. The van der Waals surface area contributed by atoms with Gasteiger partial charge >= 0.3 is 0 Å². The summed E-state index contributed by atoms with van der Waals surface area (Å²) < 4.78 is 38.8. The van der Waals surface area contributed by atoms with Crippen molar-refractivity contribution in [3.63, 3.8) is 0 Å². The van der Waals surface area contributed by atoms with Gasteiger partial charge in [0.1, 0.15) is 0 Å². The fraction of sp³-hybridized carbons (Fsp3) is 0.667. The first-order chi connectivity index (χ1) is 13.7. The summed E-state index contributed by atoms with van der Waals surface area (Å²) in [6.45, 7) is 3.78. The molecule has 0 radical (unpaired) electrons. The molecule has 2 fully saturated rings. The molecule has 1 atom stereocenters. The average molecular weight is 523 g/mol. The molecule has 3 rings (SSSR count). The summed E-state index contributed by atoms with van der Waals surface area (Å²) in [6.07, 6.45) is 6.31. The van der Waals surface area contributed by atoms with Gasteiger partial charge in [0, 0.05) is 33.3 Å². The van der Waals surface area contributed by atoms with E-state index in [1.165, 1.54) is 12.5 Å². The van der Waals surface area contributed by atoms with E-state index in [0.29, 0.717) is 25.1 Å². The molecule has 0 aliphatic carbocycles. The Morgan fingerprint density at radius 2 is 2.03 bits per heavy atom. The van der Waals surface area contributed by atoms with Gasteiger partial charge in [0.15, 0.2) is 17.6 Å². The molecule has 1 unspecified atom stereocenters. The van der Waals surface area contributed by atoms with Gasteiger partial charge < -0.3 is 19.7 Å². The van der Waals surface area contributed by atoms with Crippen molar-refractivity contribution in [2.24, 2.45) is 4.99 Å². The zero-order valence-corrected chi connectivity index (χ0v) is 19.4. The maximum Gasteiger partial charge on any atom is 0.193 e. The zero-order valence-electron chi connectivity index (χ0n) is 17.0. The van der Waals surface area contributed by atoms with Gasteiger partial charge in [-0.05, 0) is 50.2 Å². The molecule has 1 N–H and O–H groups in total. The van der Waals surface area contributed by atoms with Crippen molar-refractivity contribution < 1.29 is 18.3 Å². The van der Waals surface area contributed by atoms with Crippen LogP contribution >= 0.6 is 24.0 Å². The highest BCUT2D eigenvalue weighted by molar-refractivity contribution is 14.0. The van der Waals surface area contributed by atoms with Gasteiger partial charge in [0.05, 0.1) is 18.8 Å². The Kier molecular flexibility index (Phi) is 10.6. The van der Waals surface area contributed by atoms with E-state index in [9.17, 15) is 8.78 Å². The van der Waals surface area contributed by atoms with E-state index in [0.717, 1.165) is 57.4 Å². The van der Waals surface area contributed by atoms with E-state index in [-0.39, 0.29) is 36.2 Å². The fourth-order valence-corrected chi connectivity index (χ4v) is 3.80. The van der Waals surface area contributed by atoms with Crippen LogP contribution in [0.1, 0.15) is 37.7 Å². The van der Waals surface area contributed by atoms with Gasteiger partial charge in [-0.25, -0.2) is 8.78 Å². The quantitative estimate of drug-likeness (QED) is 0.351. The molecule has 164 valence electrons. The van der Waals surface area contributed by atoms with E-state index in [1.807, 2.05) is 0 Å². The van der Waals surface area contributed by atoms with Crippen molar-refractivity contribution in [1.82, 2.24) is 10.2 Å². The lowest BCUT2D eigenvalue weighted by molar-refractivity contribution is -0.0721. The second kappa shape index (κ2) is 12.6. The molecule has 5 nitrogen and oxygen atoms in total. The predicted octanol–water partition coefficient (Wildman–Crippen LogP) is 3.75. The zero-order chi connectivity index (χ0) is 19.8. The van der Waals surface area contributed by atoms with Crippen molar-refractivity contribution in [3.8, 4) is 0 Å². The second-order valence-electron chi connectivity index (χ2n) is 7.45. The summed E-state index contributed by atoms with van der Waals surface area (Å²) in [4.78, 5) is 6.52. The van der Waals surface area contributed by atoms with Gasteiger partial charge in [-0.15, -0.1) is 24.0 Å². The van der Waals surface area contributed by atoms with E-state index < -0.39 is 11.6 Å². The third kappa shape index (κ3) is 7.32. The first-order valence-corrected chi connectivity index (χ1v) is 10.3. The standard InChI is InChI=1S/C21H31F2N3O2.HI/c1-24-21(25-11-8-16-5-4-7-19(22)20(16)23)26-12-9-17(10-13-26)28-15-18-6-2-3-14-27-18;/h4-5,7,17-18H,2-3,6,8-15H2,1H3,(H,24,25);1H. The van der Waals surface area contributed by atoms with Crippen LogP contribution in [0.3, 0.4) is 0 Å².